The normalized spacial score (nSPS) is 16.6. The Balaban J connectivity index is 2.17. The van der Waals surface area contributed by atoms with Crippen molar-refractivity contribution in [1.82, 2.24) is 0 Å². The maximum Gasteiger partial charge on any atom is 0.337 e. The SMILES string of the molecule is Cc1cccc(C(=O)O)c1NCC1(CO)CC1. The molecule has 3 N–H and O–H groups in total. The van der Waals surface area contributed by atoms with Gasteiger partial charge in [0.25, 0.3) is 0 Å². The second-order valence-corrected chi connectivity index (χ2v) is 4.81. The number of aliphatic hydroxyl groups excluding tert-OH is 1. The summed E-state index contributed by atoms with van der Waals surface area (Å²) in [5, 5.41) is 21.5. The molecule has 0 atom stereocenters. The van der Waals surface area contributed by atoms with Gasteiger partial charge in [0.15, 0.2) is 0 Å². The number of benzene rings is 1. The largest absolute Gasteiger partial charge is 0.478 e. The van der Waals surface area contributed by atoms with E-state index in [9.17, 15) is 9.90 Å². The molecule has 0 bridgehead atoms. The predicted molar refractivity (Wildman–Crippen MR) is 65.4 cm³/mol. The first-order valence-corrected chi connectivity index (χ1v) is 5.76. The van der Waals surface area contributed by atoms with Crippen molar-refractivity contribution in [1.29, 1.82) is 0 Å². The number of aryl methyl sites for hydroxylation is 1. The number of nitrogens with one attached hydrogen (secondary N) is 1. The molecule has 0 heterocycles. The molecule has 4 heteroatoms. The van der Waals surface area contributed by atoms with Gasteiger partial charge < -0.3 is 15.5 Å². The molecule has 0 unspecified atom stereocenters. The fraction of sp³-hybridized carbons (Fsp3) is 0.462. The standard InChI is InChI=1S/C13H17NO3/c1-9-3-2-4-10(12(16)17)11(9)14-7-13(8-15)5-6-13/h2-4,14-15H,5-8H2,1H3,(H,16,17). The first-order valence-electron chi connectivity index (χ1n) is 5.76. The van der Waals surface area contributed by atoms with E-state index in [2.05, 4.69) is 5.32 Å². The summed E-state index contributed by atoms with van der Waals surface area (Å²) in [5.74, 6) is -0.926. The van der Waals surface area contributed by atoms with E-state index in [4.69, 9.17) is 5.11 Å². The lowest BCUT2D eigenvalue weighted by Gasteiger charge is -2.17. The fourth-order valence-corrected chi connectivity index (χ4v) is 1.92. The summed E-state index contributed by atoms with van der Waals surface area (Å²) in [6.07, 6.45) is 2.01. The quantitative estimate of drug-likeness (QED) is 0.728. The summed E-state index contributed by atoms with van der Waals surface area (Å²) in [6, 6.07) is 5.21. The minimum Gasteiger partial charge on any atom is -0.478 e. The van der Waals surface area contributed by atoms with Crippen LogP contribution in [0.3, 0.4) is 0 Å². The number of hydrogen-bond donors (Lipinski definition) is 3. The molecule has 0 spiro atoms. The number of para-hydroxylation sites is 1. The van der Waals surface area contributed by atoms with E-state index >= 15 is 0 Å². The van der Waals surface area contributed by atoms with Gasteiger partial charge in [-0.2, -0.15) is 0 Å². The first-order chi connectivity index (χ1) is 8.08. The van der Waals surface area contributed by atoms with Gasteiger partial charge in [0.05, 0.1) is 17.9 Å². The Morgan fingerprint density at radius 2 is 2.18 bits per heavy atom. The highest BCUT2D eigenvalue weighted by Gasteiger charge is 2.41. The van der Waals surface area contributed by atoms with Crippen molar-refractivity contribution in [3.63, 3.8) is 0 Å². The van der Waals surface area contributed by atoms with Crippen LogP contribution in [0.1, 0.15) is 28.8 Å². The summed E-state index contributed by atoms with van der Waals surface area (Å²) in [4.78, 5) is 11.1. The monoisotopic (exact) mass is 235 g/mol. The molecule has 1 fully saturated rings. The van der Waals surface area contributed by atoms with E-state index in [-0.39, 0.29) is 12.0 Å². The molecular formula is C13H17NO3. The summed E-state index contributed by atoms with van der Waals surface area (Å²) in [6.45, 7) is 2.68. The van der Waals surface area contributed by atoms with E-state index < -0.39 is 5.97 Å². The fourth-order valence-electron chi connectivity index (χ4n) is 1.92. The Labute approximate surface area is 100 Å². The molecule has 1 aliphatic carbocycles. The Hall–Kier alpha value is -1.55. The van der Waals surface area contributed by atoms with Gasteiger partial charge in [-0.05, 0) is 31.4 Å². The number of anilines is 1. The van der Waals surface area contributed by atoms with Crippen LogP contribution >= 0.6 is 0 Å². The van der Waals surface area contributed by atoms with Crippen LogP contribution in [0.15, 0.2) is 18.2 Å². The van der Waals surface area contributed by atoms with Gasteiger partial charge in [-0.1, -0.05) is 12.1 Å². The third-order valence-corrected chi connectivity index (χ3v) is 3.44. The maximum atomic E-state index is 11.1. The Bertz CT molecular complexity index is 438. The van der Waals surface area contributed by atoms with Gasteiger partial charge in [-0.15, -0.1) is 0 Å². The second kappa shape index (κ2) is 4.37. The average molecular weight is 235 g/mol. The van der Waals surface area contributed by atoms with Crippen molar-refractivity contribution >= 4 is 11.7 Å². The maximum absolute atomic E-state index is 11.1. The highest BCUT2D eigenvalue weighted by Crippen LogP contribution is 2.45. The Morgan fingerprint density at radius 1 is 1.47 bits per heavy atom. The third kappa shape index (κ3) is 2.42. The summed E-state index contributed by atoms with van der Waals surface area (Å²) in [5.41, 5.74) is 1.84. The molecule has 0 aliphatic heterocycles. The molecule has 4 nitrogen and oxygen atoms in total. The lowest BCUT2D eigenvalue weighted by molar-refractivity contribution is 0.0698. The van der Waals surface area contributed by atoms with Crippen molar-refractivity contribution < 1.29 is 15.0 Å². The zero-order valence-electron chi connectivity index (χ0n) is 9.86. The number of hydrogen-bond acceptors (Lipinski definition) is 3. The van der Waals surface area contributed by atoms with Crippen molar-refractivity contribution in [2.45, 2.75) is 19.8 Å². The average Bonchev–Trinajstić information content (AvgIpc) is 3.08. The predicted octanol–water partition coefficient (Wildman–Crippen LogP) is 1.88. The van der Waals surface area contributed by atoms with Crippen molar-refractivity contribution in [2.24, 2.45) is 5.41 Å². The Kier molecular flexibility index (Phi) is 3.07. The third-order valence-electron chi connectivity index (χ3n) is 3.44. The highest BCUT2D eigenvalue weighted by molar-refractivity contribution is 5.95. The number of rotatable bonds is 5. The number of carboxylic acids is 1. The van der Waals surface area contributed by atoms with Crippen molar-refractivity contribution in [3.05, 3.63) is 29.3 Å². The van der Waals surface area contributed by atoms with Crippen molar-refractivity contribution in [2.75, 3.05) is 18.5 Å². The molecular weight excluding hydrogens is 218 g/mol. The second-order valence-electron chi connectivity index (χ2n) is 4.81. The Morgan fingerprint density at radius 3 is 2.71 bits per heavy atom. The van der Waals surface area contributed by atoms with E-state index in [1.54, 1.807) is 12.1 Å². The molecule has 1 aromatic rings. The number of carboxylic acid groups (broad SMARTS) is 1. The molecule has 0 radical (unpaired) electrons. The number of aliphatic hydroxyl groups is 1. The van der Waals surface area contributed by atoms with E-state index in [1.165, 1.54) is 0 Å². The van der Waals surface area contributed by atoms with Crippen LogP contribution in [0.4, 0.5) is 5.69 Å². The molecule has 0 amide bonds. The molecule has 17 heavy (non-hydrogen) atoms. The molecule has 1 aliphatic rings. The lowest BCUT2D eigenvalue weighted by Crippen LogP contribution is -2.20. The van der Waals surface area contributed by atoms with Crippen LogP contribution in [0.2, 0.25) is 0 Å². The minimum atomic E-state index is -0.926. The van der Waals surface area contributed by atoms with Gasteiger partial charge in [-0.25, -0.2) is 4.79 Å². The zero-order valence-corrected chi connectivity index (χ0v) is 9.86. The van der Waals surface area contributed by atoms with E-state index in [0.29, 0.717) is 17.8 Å². The van der Waals surface area contributed by atoms with Crippen LogP contribution in [0.5, 0.6) is 0 Å². The van der Waals surface area contributed by atoms with Gasteiger partial charge in [0, 0.05) is 12.0 Å². The van der Waals surface area contributed by atoms with Gasteiger partial charge in [-0.3, -0.25) is 0 Å². The first kappa shape index (κ1) is 11.9. The molecule has 2 rings (SSSR count). The van der Waals surface area contributed by atoms with Gasteiger partial charge in [0.1, 0.15) is 0 Å². The van der Waals surface area contributed by atoms with Crippen molar-refractivity contribution in [3.8, 4) is 0 Å². The molecule has 92 valence electrons. The summed E-state index contributed by atoms with van der Waals surface area (Å²) < 4.78 is 0. The van der Waals surface area contributed by atoms with Crippen LogP contribution in [0, 0.1) is 12.3 Å². The molecule has 1 aromatic carbocycles. The van der Waals surface area contributed by atoms with E-state index in [1.807, 2.05) is 13.0 Å². The summed E-state index contributed by atoms with van der Waals surface area (Å²) in [7, 11) is 0. The van der Waals surface area contributed by atoms with Gasteiger partial charge in [0.2, 0.25) is 0 Å². The smallest absolute Gasteiger partial charge is 0.337 e. The molecule has 0 aromatic heterocycles. The lowest BCUT2D eigenvalue weighted by atomic mass is 10.1. The molecule has 1 saturated carbocycles. The van der Waals surface area contributed by atoms with Crippen LogP contribution in [-0.4, -0.2) is 29.3 Å². The van der Waals surface area contributed by atoms with Crippen LogP contribution < -0.4 is 5.32 Å². The zero-order chi connectivity index (χ0) is 12.5. The topological polar surface area (TPSA) is 69.6 Å². The number of carbonyl (C=O) groups is 1. The minimum absolute atomic E-state index is 0.0297. The van der Waals surface area contributed by atoms with Gasteiger partial charge >= 0.3 is 5.97 Å². The highest BCUT2D eigenvalue weighted by atomic mass is 16.4. The molecule has 0 saturated heterocycles. The van der Waals surface area contributed by atoms with E-state index in [0.717, 1.165) is 18.4 Å². The van der Waals surface area contributed by atoms with Crippen LogP contribution in [-0.2, 0) is 0 Å². The van der Waals surface area contributed by atoms with Crippen LogP contribution in [0.25, 0.3) is 0 Å². The summed E-state index contributed by atoms with van der Waals surface area (Å²) >= 11 is 0. The number of aromatic carboxylic acids is 1.